The first-order valence-corrected chi connectivity index (χ1v) is 4.70. The summed E-state index contributed by atoms with van der Waals surface area (Å²) in [5.74, 6) is 0.590. The standard InChI is InChI=1S/C8H18OS/c1-5-7(3)8(4,6-2)10-9/h7,9H,5-6H2,1-4H3. The minimum Gasteiger partial charge on any atom is -0.329 e. The SMILES string of the molecule is CCC(C)C(C)(CC)SO. The molecule has 0 aromatic heterocycles. The molecule has 0 aliphatic rings. The van der Waals surface area contributed by atoms with Gasteiger partial charge in [-0.25, -0.2) is 0 Å². The van der Waals surface area contributed by atoms with Crippen molar-refractivity contribution < 1.29 is 4.55 Å². The van der Waals surface area contributed by atoms with Crippen LogP contribution in [-0.2, 0) is 0 Å². The first-order chi connectivity index (χ1) is 4.60. The second-order valence-electron chi connectivity index (χ2n) is 3.07. The molecule has 62 valence electrons. The summed E-state index contributed by atoms with van der Waals surface area (Å²) >= 11 is 1.00. The predicted octanol–water partition coefficient (Wildman–Crippen LogP) is 3.41. The minimum atomic E-state index is 0.0642. The molecular formula is C8H18OS. The zero-order valence-electron chi connectivity index (χ0n) is 7.35. The maximum absolute atomic E-state index is 9.00. The summed E-state index contributed by atoms with van der Waals surface area (Å²) in [6.07, 6.45) is 2.17. The van der Waals surface area contributed by atoms with E-state index in [0.29, 0.717) is 5.92 Å². The fourth-order valence-electron chi connectivity index (χ4n) is 0.935. The number of hydrogen-bond donors (Lipinski definition) is 1. The van der Waals surface area contributed by atoms with Gasteiger partial charge in [-0.15, -0.1) is 0 Å². The Bertz CT molecular complexity index is 89.3. The molecule has 0 aliphatic carbocycles. The number of hydrogen-bond acceptors (Lipinski definition) is 2. The van der Waals surface area contributed by atoms with E-state index in [1.807, 2.05) is 0 Å². The van der Waals surface area contributed by atoms with E-state index in [1.54, 1.807) is 0 Å². The summed E-state index contributed by atoms with van der Waals surface area (Å²) in [6, 6.07) is 0. The Morgan fingerprint density at radius 1 is 1.50 bits per heavy atom. The molecular weight excluding hydrogens is 144 g/mol. The van der Waals surface area contributed by atoms with Crippen LogP contribution in [0.4, 0.5) is 0 Å². The van der Waals surface area contributed by atoms with Crippen molar-refractivity contribution >= 4 is 12.0 Å². The normalized spacial score (nSPS) is 20.1. The second kappa shape index (κ2) is 4.24. The monoisotopic (exact) mass is 162 g/mol. The molecule has 0 bridgehead atoms. The molecule has 0 saturated heterocycles. The lowest BCUT2D eigenvalue weighted by Crippen LogP contribution is -2.27. The van der Waals surface area contributed by atoms with E-state index in [4.69, 9.17) is 4.55 Å². The Balaban J connectivity index is 4.02. The quantitative estimate of drug-likeness (QED) is 0.639. The fraction of sp³-hybridized carbons (Fsp3) is 1.00. The Kier molecular flexibility index (Phi) is 4.37. The van der Waals surface area contributed by atoms with Gasteiger partial charge in [0.1, 0.15) is 0 Å². The molecule has 2 atom stereocenters. The highest BCUT2D eigenvalue weighted by atomic mass is 32.2. The molecule has 0 aromatic rings. The molecule has 0 heterocycles. The zero-order valence-corrected chi connectivity index (χ0v) is 8.16. The van der Waals surface area contributed by atoms with Gasteiger partial charge in [-0.3, -0.25) is 0 Å². The molecule has 0 spiro atoms. The van der Waals surface area contributed by atoms with Gasteiger partial charge in [0, 0.05) is 4.75 Å². The third kappa shape index (κ3) is 2.17. The van der Waals surface area contributed by atoms with Crippen molar-refractivity contribution in [1.29, 1.82) is 0 Å². The topological polar surface area (TPSA) is 20.2 Å². The highest BCUT2D eigenvalue weighted by molar-refractivity contribution is 7.95. The third-order valence-electron chi connectivity index (χ3n) is 2.57. The highest BCUT2D eigenvalue weighted by Crippen LogP contribution is 2.35. The van der Waals surface area contributed by atoms with E-state index in [-0.39, 0.29) is 4.75 Å². The van der Waals surface area contributed by atoms with Crippen LogP contribution >= 0.6 is 12.0 Å². The summed E-state index contributed by atoms with van der Waals surface area (Å²) in [6.45, 7) is 8.59. The molecule has 10 heavy (non-hydrogen) atoms. The van der Waals surface area contributed by atoms with Gasteiger partial charge in [-0.05, 0) is 31.3 Å². The van der Waals surface area contributed by atoms with Crippen molar-refractivity contribution in [3.8, 4) is 0 Å². The van der Waals surface area contributed by atoms with Gasteiger partial charge in [-0.1, -0.05) is 27.2 Å². The molecule has 0 aromatic carbocycles. The van der Waals surface area contributed by atoms with E-state index in [2.05, 4.69) is 27.7 Å². The third-order valence-corrected chi connectivity index (χ3v) is 3.67. The van der Waals surface area contributed by atoms with Crippen LogP contribution < -0.4 is 0 Å². The molecule has 0 aliphatic heterocycles. The molecule has 1 N–H and O–H groups in total. The smallest absolute Gasteiger partial charge is 0.0414 e. The van der Waals surface area contributed by atoms with Crippen molar-refractivity contribution in [1.82, 2.24) is 0 Å². The van der Waals surface area contributed by atoms with E-state index in [9.17, 15) is 0 Å². The van der Waals surface area contributed by atoms with Gasteiger partial charge in [0.15, 0.2) is 0 Å². The lowest BCUT2D eigenvalue weighted by Gasteiger charge is -2.30. The predicted molar refractivity (Wildman–Crippen MR) is 48.4 cm³/mol. The molecule has 2 unspecified atom stereocenters. The van der Waals surface area contributed by atoms with Crippen LogP contribution in [0.25, 0.3) is 0 Å². The van der Waals surface area contributed by atoms with Crippen LogP contribution in [0.3, 0.4) is 0 Å². The average Bonchev–Trinajstić information content (AvgIpc) is 2.01. The van der Waals surface area contributed by atoms with Gasteiger partial charge in [0.2, 0.25) is 0 Å². The van der Waals surface area contributed by atoms with Crippen LogP contribution in [0.5, 0.6) is 0 Å². The zero-order chi connectivity index (χ0) is 8.20. The molecule has 0 rings (SSSR count). The first kappa shape index (κ1) is 10.3. The van der Waals surface area contributed by atoms with E-state index in [0.717, 1.165) is 24.9 Å². The summed E-state index contributed by atoms with van der Waals surface area (Å²) in [7, 11) is 0. The molecule has 1 nitrogen and oxygen atoms in total. The summed E-state index contributed by atoms with van der Waals surface area (Å²) < 4.78 is 9.07. The van der Waals surface area contributed by atoms with Gasteiger partial charge in [0.05, 0.1) is 0 Å². The van der Waals surface area contributed by atoms with Crippen LogP contribution in [-0.4, -0.2) is 9.30 Å². The van der Waals surface area contributed by atoms with Crippen molar-refractivity contribution in [2.45, 2.75) is 45.3 Å². The largest absolute Gasteiger partial charge is 0.329 e. The van der Waals surface area contributed by atoms with E-state index in [1.165, 1.54) is 0 Å². The van der Waals surface area contributed by atoms with Gasteiger partial charge >= 0.3 is 0 Å². The Hall–Kier alpha value is 0.310. The molecule has 0 amide bonds. The lowest BCUT2D eigenvalue weighted by molar-refractivity contribution is 0.394. The van der Waals surface area contributed by atoms with E-state index < -0.39 is 0 Å². The average molecular weight is 162 g/mol. The van der Waals surface area contributed by atoms with Crippen LogP contribution in [0.2, 0.25) is 0 Å². The van der Waals surface area contributed by atoms with E-state index >= 15 is 0 Å². The van der Waals surface area contributed by atoms with Gasteiger partial charge in [-0.2, -0.15) is 0 Å². The minimum absolute atomic E-state index is 0.0642. The molecule has 0 fully saturated rings. The summed E-state index contributed by atoms with van der Waals surface area (Å²) in [4.78, 5) is 0. The maximum atomic E-state index is 9.00. The summed E-state index contributed by atoms with van der Waals surface area (Å²) in [5, 5.41) is 0. The fourth-order valence-corrected chi connectivity index (χ4v) is 1.41. The highest BCUT2D eigenvalue weighted by Gasteiger charge is 2.28. The van der Waals surface area contributed by atoms with Crippen LogP contribution in [0, 0.1) is 5.92 Å². The molecule has 0 radical (unpaired) electrons. The summed E-state index contributed by atoms with van der Waals surface area (Å²) in [5.41, 5.74) is 0. The maximum Gasteiger partial charge on any atom is 0.0414 e. The van der Waals surface area contributed by atoms with Gasteiger partial charge < -0.3 is 4.55 Å². The van der Waals surface area contributed by atoms with Crippen LogP contribution in [0.15, 0.2) is 0 Å². The van der Waals surface area contributed by atoms with Crippen molar-refractivity contribution in [2.75, 3.05) is 0 Å². The number of rotatable bonds is 4. The Morgan fingerprint density at radius 3 is 2.10 bits per heavy atom. The Morgan fingerprint density at radius 2 is 2.00 bits per heavy atom. The van der Waals surface area contributed by atoms with Crippen molar-refractivity contribution in [3.63, 3.8) is 0 Å². The van der Waals surface area contributed by atoms with Crippen molar-refractivity contribution in [3.05, 3.63) is 0 Å². The van der Waals surface area contributed by atoms with Crippen molar-refractivity contribution in [2.24, 2.45) is 5.92 Å². The second-order valence-corrected chi connectivity index (χ2v) is 4.18. The lowest BCUT2D eigenvalue weighted by atomic mass is 9.90. The van der Waals surface area contributed by atoms with Crippen LogP contribution in [0.1, 0.15) is 40.5 Å². The van der Waals surface area contributed by atoms with Gasteiger partial charge in [0.25, 0.3) is 0 Å². The Labute approximate surface area is 68.4 Å². The molecule has 2 heteroatoms. The molecule has 0 saturated carbocycles. The first-order valence-electron chi connectivity index (χ1n) is 3.93.